The second-order valence-electron chi connectivity index (χ2n) is 4.82. The lowest BCUT2D eigenvalue weighted by atomic mass is 10.3. The summed E-state index contributed by atoms with van der Waals surface area (Å²) in [5, 5.41) is 6.57. The maximum atomic E-state index is 12.1. The molecule has 0 spiro atoms. The number of aryl methyl sites for hydroxylation is 1. The molecule has 0 aliphatic heterocycles. The molecule has 0 radical (unpaired) electrons. The fourth-order valence-corrected chi connectivity index (χ4v) is 5.00. The van der Waals surface area contributed by atoms with Gasteiger partial charge in [-0.05, 0) is 30.5 Å². The topological polar surface area (TPSA) is 54.9 Å². The fraction of sp³-hybridized carbons (Fsp3) is 0.133. The number of thiophene rings is 1. The van der Waals surface area contributed by atoms with Crippen LogP contribution in [0.15, 0.2) is 29.6 Å². The number of fused-ring (bicyclic) bond motifs is 3. The number of nitrogens with zero attached hydrogens (tertiary/aromatic N) is 2. The highest BCUT2D eigenvalue weighted by atomic mass is 32.1. The molecule has 3 aromatic heterocycles. The SMILES string of the molecule is Cc1nc2ccc3nc(NC(=O)Cc4cccs4)sc3c2s1. The van der Waals surface area contributed by atoms with Crippen LogP contribution in [0, 0.1) is 6.92 Å². The number of carbonyl (C=O) groups is 1. The van der Waals surface area contributed by atoms with Crippen molar-refractivity contribution in [3.05, 3.63) is 39.5 Å². The van der Waals surface area contributed by atoms with Gasteiger partial charge in [0.05, 0.1) is 31.9 Å². The smallest absolute Gasteiger partial charge is 0.231 e. The van der Waals surface area contributed by atoms with Gasteiger partial charge in [0.2, 0.25) is 5.91 Å². The summed E-state index contributed by atoms with van der Waals surface area (Å²) < 4.78 is 2.24. The summed E-state index contributed by atoms with van der Waals surface area (Å²) in [5.74, 6) is -0.0294. The summed E-state index contributed by atoms with van der Waals surface area (Å²) in [6.07, 6.45) is 0.392. The summed E-state index contributed by atoms with van der Waals surface area (Å²) in [7, 11) is 0. The summed E-state index contributed by atoms with van der Waals surface area (Å²) in [6, 6.07) is 7.86. The first kappa shape index (κ1) is 13.8. The van der Waals surface area contributed by atoms with Crippen LogP contribution >= 0.6 is 34.0 Å². The summed E-state index contributed by atoms with van der Waals surface area (Å²) >= 11 is 4.76. The number of hydrogen-bond acceptors (Lipinski definition) is 6. The predicted octanol–water partition coefficient (Wildman–Crippen LogP) is 4.46. The van der Waals surface area contributed by atoms with Crippen molar-refractivity contribution in [3.63, 3.8) is 0 Å². The van der Waals surface area contributed by atoms with Crippen molar-refractivity contribution in [2.75, 3.05) is 5.32 Å². The lowest BCUT2D eigenvalue weighted by Gasteiger charge is -1.98. The maximum Gasteiger partial charge on any atom is 0.231 e. The van der Waals surface area contributed by atoms with E-state index in [0.717, 1.165) is 30.3 Å². The zero-order valence-electron chi connectivity index (χ0n) is 11.6. The normalized spacial score (nSPS) is 11.3. The number of rotatable bonds is 3. The Bertz CT molecular complexity index is 969. The Balaban J connectivity index is 1.64. The van der Waals surface area contributed by atoms with E-state index in [1.807, 2.05) is 36.6 Å². The Hall–Kier alpha value is -1.83. The summed E-state index contributed by atoms with van der Waals surface area (Å²) in [5.41, 5.74) is 1.91. The molecule has 0 atom stereocenters. The number of aromatic nitrogens is 2. The Morgan fingerprint density at radius 2 is 1.91 bits per heavy atom. The largest absolute Gasteiger partial charge is 0.302 e. The minimum absolute atomic E-state index is 0.0294. The van der Waals surface area contributed by atoms with E-state index >= 15 is 0 Å². The maximum absolute atomic E-state index is 12.1. The highest BCUT2D eigenvalue weighted by Gasteiger charge is 2.13. The van der Waals surface area contributed by atoms with E-state index < -0.39 is 0 Å². The van der Waals surface area contributed by atoms with E-state index in [1.165, 1.54) is 11.3 Å². The second-order valence-corrected chi connectivity index (χ2v) is 8.05. The lowest BCUT2D eigenvalue weighted by Crippen LogP contribution is -2.13. The molecule has 0 aliphatic carbocycles. The fourth-order valence-electron chi connectivity index (χ4n) is 2.27. The standard InChI is InChI=1S/C15H11N3OS3/c1-8-16-10-4-5-11-14(13(10)21-8)22-15(17-11)18-12(19)7-9-3-2-6-20-9/h2-6H,7H2,1H3,(H,17,18,19). The Labute approximate surface area is 138 Å². The quantitative estimate of drug-likeness (QED) is 0.596. The van der Waals surface area contributed by atoms with Crippen LogP contribution in [0.5, 0.6) is 0 Å². The third-order valence-corrected chi connectivity index (χ3v) is 6.19. The Morgan fingerprint density at radius 1 is 1.14 bits per heavy atom. The van der Waals surface area contributed by atoms with Crippen molar-refractivity contribution < 1.29 is 4.79 Å². The van der Waals surface area contributed by atoms with Gasteiger partial charge in [0.1, 0.15) is 0 Å². The van der Waals surface area contributed by atoms with Crippen LogP contribution in [0.25, 0.3) is 20.4 Å². The summed E-state index contributed by atoms with van der Waals surface area (Å²) in [4.78, 5) is 22.1. The molecular formula is C15H11N3OS3. The molecule has 4 aromatic rings. The number of amides is 1. The third-order valence-electron chi connectivity index (χ3n) is 3.18. The van der Waals surface area contributed by atoms with E-state index in [4.69, 9.17) is 0 Å². The molecule has 4 nitrogen and oxygen atoms in total. The average Bonchev–Trinajstić information content (AvgIpc) is 3.16. The van der Waals surface area contributed by atoms with Crippen molar-refractivity contribution >= 4 is 65.5 Å². The highest BCUT2D eigenvalue weighted by molar-refractivity contribution is 7.28. The van der Waals surface area contributed by atoms with Crippen molar-refractivity contribution in [2.45, 2.75) is 13.3 Å². The zero-order chi connectivity index (χ0) is 15.1. The Morgan fingerprint density at radius 3 is 2.68 bits per heavy atom. The van der Waals surface area contributed by atoms with E-state index in [2.05, 4.69) is 15.3 Å². The van der Waals surface area contributed by atoms with Gasteiger partial charge in [-0.25, -0.2) is 9.97 Å². The molecule has 110 valence electrons. The molecule has 7 heteroatoms. The van der Waals surface area contributed by atoms with E-state index in [0.29, 0.717) is 11.6 Å². The molecule has 0 unspecified atom stereocenters. The van der Waals surface area contributed by atoms with E-state index in [-0.39, 0.29) is 5.91 Å². The van der Waals surface area contributed by atoms with E-state index in [9.17, 15) is 4.79 Å². The molecule has 0 saturated carbocycles. The molecule has 0 fully saturated rings. The molecule has 1 amide bonds. The van der Waals surface area contributed by atoms with Gasteiger partial charge in [0.25, 0.3) is 0 Å². The molecular weight excluding hydrogens is 334 g/mol. The van der Waals surface area contributed by atoms with Crippen LogP contribution in [-0.4, -0.2) is 15.9 Å². The van der Waals surface area contributed by atoms with Crippen molar-refractivity contribution in [2.24, 2.45) is 0 Å². The number of nitrogens with one attached hydrogen (secondary N) is 1. The molecule has 0 aliphatic rings. The van der Waals surface area contributed by atoms with Crippen LogP contribution in [0.2, 0.25) is 0 Å². The van der Waals surface area contributed by atoms with Crippen LogP contribution < -0.4 is 5.32 Å². The summed E-state index contributed by atoms with van der Waals surface area (Å²) in [6.45, 7) is 2.00. The number of carbonyl (C=O) groups excluding carboxylic acids is 1. The molecule has 0 bridgehead atoms. The molecule has 0 saturated heterocycles. The van der Waals surface area contributed by atoms with Gasteiger partial charge in [-0.1, -0.05) is 17.4 Å². The minimum Gasteiger partial charge on any atom is -0.302 e. The van der Waals surface area contributed by atoms with E-state index in [1.54, 1.807) is 22.7 Å². The number of benzene rings is 1. The van der Waals surface area contributed by atoms with Crippen LogP contribution in [0.1, 0.15) is 9.88 Å². The average molecular weight is 345 g/mol. The second kappa shape index (κ2) is 5.42. The number of anilines is 1. The van der Waals surface area contributed by atoms with Gasteiger partial charge in [-0.3, -0.25) is 4.79 Å². The van der Waals surface area contributed by atoms with Crippen molar-refractivity contribution in [3.8, 4) is 0 Å². The zero-order valence-corrected chi connectivity index (χ0v) is 14.1. The number of thiazole rings is 2. The van der Waals surface area contributed by atoms with Crippen molar-refractivity contribution in [1.29, 1.82) is 0 Å². The first-order valence-corrected chi connectivity index (χ1v) is 9.19. The van der Waals surface area contributed by atoms with Gasteiger partial charge in [0.15, 0.2) is 5.13 Å². The molecule has 1 N–H and O–H groups in total. The first-order chi connectivity index (χ1) is 10.7. The van der Waals surface area contributed by atoms with Gasteiger partial charge in [0, 0.05) is 4.88 Å². The highest BCUT2D eigenvalue weighted by Crippen LogP contribution is 2.35. The monoisotopic (exact) mass is 345 g/mol. The minimum atomic E-state index is -0.0294. The van der Waals surface area contributed by atoms with Gasteiger partial charge in [-0.15, -0.1) is 22.7 Å². The van der Waals surface area contributed by atoms with Gasteiger partial charge < -0.3 is 5.32 Å². The van der Waals surface area contributed by atoms with Gasteiger partial charge >= 0.3 is 0 Å². The molecule has 1 aromatic carbocycles. The Kier molecular flexibility index (Phi) is 3.40. The molecule has 22 heavy (non-hydrogen) atoms. The van der Waals surface area contributed by atoms with Crippen molar-refractivity contribution in [1.82, 2.24) is 9.97 Å². The first-order valence-electron chi connectivity index (χ1n) is 6.68. The molecule has 4 rings (SSSR count). The predicted molar refractivity (Wildman–Crippen MR) is 94.2 cm³/mol. The lowest BCUT2D eigenvalue weighted by molar-refractivity contribution is -0.115. The van der Waals surface area contributed by atoms with Crippen LogP contribution in [0.4, 0.5) is 5.13 Å². The third kappa shape index (κ3) is 2.51. The molecule has 3 heterocycles. The van der Waals surface area contributed by atoms with Crippen LogP contribution in [0.3, 0.4) is 0 Å². The van der Waals surface area contributed by atoms with Gasteiger partial charge in [-0.2, -0.15) is 0 Å². The number of hydrogen-bond donors (Lipinski definition) is 1. The van der Waals surface area contributed by atoms with Crippen LogP contribution in [-0.2, 0) is 11.2 Å².